The van der Waals surface area contributed by atoms with Crippen molar-refractivity contribution < 1.29 is 9.90 Å². The quantitative estimate of drug-likeness (QED) is 0.943. The second-order valence-corrected chi connectivity index (χ2v) is 6.60. The van der Waals surface area contributed by atoms with Crippen molar-refractivity contribution in [2.75, 3.05) is 0 Å². The third-order valence-electron chi connectivity index (χ3n) is 3.63. The van der Waals surface area contributed by atoms with Crippen LogP contribution in [0.2, 0.25) is 5.02 Å². The summed E-state index contributed by atoms with van der Waals surface area (Å²) in [5.41, 5.74) is 2.14. The number of rotatable bonds is 3. The smallest absolute Gasteiger partial charge is 0.306 e. The molecule has 0 amide bonds. The third kappa shape index (κ3) is 2.72. The van der Waals surface area contributed by atoms with Crippen LogP contribution < -0.4 is 0 Å². The van der Waals surface area contributed by atoms with Crippen molar-refractivity contribution >= 4 is 28.9 Å². The zero-order chi connectivity index (χ0) is 14.1. The average molecular weight is 308 g/mol. The molecule has 0 radical (unpaired) electrons. The number of aliphatic carboxylic acids is 1. The minimum atomic E-state index is -0.697. The third-order valence-corrected chi connectivity index (χ3v) is 5.12. The van der Waals surface area contributed by atoms with E-state index in [1.54, 1.807) is 11.3 Å². The van der Waals surface area contributed by atoms with Gasteiger partial charge < -0.3 is 5.11 Å². The Bertz CT molecular complexity index is 653. The lowest BCUT2D eigenvalue weighted by Crippen LogP contribution is -2.21. The molecule has 0 spiro atoms. The highest BCUT2D eigenvalue weighted by Gasteiger charge is 2.27. The van der Waals surface area contributed by atoms with Crippen LogP contribution in [0.4, 0.5) is 0 Å². The second-order valence-electron chi connectivity index (χ2n) is 5.02. The van der Waals surface area contributed by atoms with Crippen LogP contribution in [-0.4, -0.2) is 16.1 Å². The summed E-state index contributed by atoms with van der Waals surface area (Å²) < 4.78 is 0. The number of halogens is 1. The van der Waals surface area contributed by atoms with Gasteiger partial charge in [-0.3, -0.25) is 4.79 Å². The van der Waals surface area contributed by atoms with Crippen LogP contribution in [0.25, 0.3) is 0 Å². The molecule has 0 saturated carbocycles. The van der Waals surface area contributed by atoms with Crippen molar-refractivity contribution in [3.05, 3.63) is 50.4 Å². The molecular weight excluding hydrogens is 294 g/mol. The molecule has 1 unspecified atom stereocenters. The zero-order valence-corrected chi connectivity index (χ0v) is 12.4. The predicted octanol–water partition coefficient (Wildman–Crippen LogP) is 3.58. The van der Waals surface area contributed by atoms with Gasteiger partial charge in [-0.15, -0.1) is 11.3 Å². The van der Waals surface area contributed by atoms with E-state index in [2.05, 4.69) is 4.98 Å². The molecule has 2 aromatic rings. The van der Waals surface area contributed by atoms with E-state index in [0.29, 0.717) is 12.8 Å². The van der Waals surface area contributed by atoms with Crippen LogP contribution in [0.3, 0.4) is 0 Å². The lowest BCUT2D eigenvalue weighted by atomic mass is 9.91. The first kappa shape index (κ1) is 13.6. The van der Waals surface area contributed by atoms with Gasteiger partial charge in [0.15, 0.2) is 0 Å². The number of benzene rings is 1. The van der Waals surface area contributed by atoms with Gasteiger partial charge >= 0.3 is 5.97 Å². The monoisotopic (exact) mass is 307 g/mol. The molecule has 1 N–H and O–H groups in total. The summed E-state index contributed by atoms with van der Waals surface area (Å²) in [5, 5.41) is 10.9. The van der Waals surface area contributed by atoms with Crippen LogP contribution >= 0.6 is 22.9 Å². The lowest BCUT2D eigenvalue weighted by Gasteiger charge is -2.16. The van der Waals surface area contributed by atoms with E-state index in [0.717, 1.165) is 39.0 Å². The van der Waals surface area contributed by atoms with Gasteiger partial charge in [0.1, 0.15) is 0 Å². The number of fused-ring (bicyclic) bond motifs is 1. The minimum Gasteiger partial charge on any atom is -0.481 e. The first-order valence-corrected chi connectivity index (χ1v) is 7.76. The Morgan fingerprint density at radius 2 is 2.25 bits per heavy atom. The standard InChI is InChI=1S/C15H14ClNO2S/c16-11-4-2-1-3-9(11)8-14-17-12-6-5-10(15(18)19)7-13(12)20-14/h1-4,10H,5-8H2,(H,18,19). The highest BCUT2D eigenvalue weighted by Crippen LogP contribution is 2.31. The van der Waals surface area contributed by atoms with Gasteiger partial charge in [0.2, 0.25) is 0 Å². The molecular formula is C15H14ClNO2S. The van der Waals surface area contributed by atoms with Crippen LogP contribution in [0.5, 0.6) is 0 Å². The molecule has 1 aromatic carbocycles. The Labute approximate surface area is 126 Å². The van der Waals surface area contributed by atoms with Gasteiger partial charge in [0.25, 0.3) is 0 Å². The number of aromatic nitrogens is 1. The Balaban J connectivity index is 1.81. The molecule has 1 atom stereocenters. The first-order chi connectivity index (χ1) is 9.63. The maximum atomic E-state index is 11.1. The molecule has 3 nitrogen and oxygen atoms in total. The SMILES string of the molecule is O=C(O)C1CCc2nc(Cc3ccccc3Cl)sc2C1. The van der Waals surface area contributed by atoms with Crippen molar-refractivity contribution in [1.29, 1.82) is 0 Å². The molecule has 0 saturated heterocycles. The lowest BCUT2D eigenvalue weighted by molar-refractivity contribution is -0.142. The van der Waals surface area contributed by atoms with E-state index in [-0.39, 0.29) is 5.92 Å². The van der Waals surface area contributed by atoms with Gasteiger partial charge in [0.05, 0.1) is 16.6 Å². The van der Waals surface area contributed by atoms with E-state index in [9.17, 15) is 4.79 Å². The highest BCUT2D eigenvalue weighted by molar-refractivity contribution is 7.11. The summed E-state index contributed by atoms with van der Waals surface area (Å²) in [6.45, 7) is 0. The molecule has 20 heavy (non-hydrogen) atoms. The fraction of sp³-hybridized carbons (Fsp3) is 0.333. The van der Waals surface area contributed by atoms with E-state index >= 15 is 0 Å². The van der Waals surface area contributed by atoms with Gasteiger partial charge in [-0.05, 0) is 30.9 Å². The Morgan fingerprint density at radius 3 is 3.00 bits per heavy atom. The topological polar surface area (TPSA) is 50.2 Å². The summed E-state index contributed by atoms with van der Waals surface area (Å²) in [4.78, 5) is 16.9. The minimum absolute atomic E-state index is 0.254. The molecule has 3 rings (SSSR count). The highest BCUT2D eigenvalue weighted by atomic mass is 35.5. The Hall–Kier alpha value is -1.39. The average Bonchev–Trinajstić information content (AvgIpc) is 2.82. The molecule has 0 aliphatic heterocycles. The van der Waals surface area contributed by atoms with Crippen molar-refractivity contribution in [3.63, 3.8) is 0 Å². The largest absolute Gasteiger partial charge is 0.481 e. The molecule has 0 bridgehead atoms. The summed E-state index contributed by atoms with van der Waals surface area (Å²) in [5.74, 6) is -0.951. The molecule has 1 aromatic heterocycles. The Morgan fingerprint density at radius 1 is 1.45 bits per heavy atom. The molecule has 1 aliphatic rings. The van der Waals surface area contributed by atoms with Crippen molar-refractivity contribution in [2.24, 2.45) is 5.92 Å². The second kappa shape index (κ2) is 5.54. The van der Waals surface area contributed by atoms with E-state index in [1.807, 2.05) is 24.3 Å². The number of hydrogen-bond acceptors (Lipinski definition) is 3. The van der Waals surface area contributed by atoms with E-state index < -0.39 is 5.97 Å². The van der Waals surface area contributed by atoms with Gasteiger partial charge in [-0.2, -0.15) is 0 Å². The summed E-state index contributed by atoms with van der Waals surface area (Å²) in [6.07, 6.45) is 2.79. The number of thiazole rings is 1. The van der Waals surface area contributed by atoms with Crippen molar-refractivity contribution in [2.45, 2.75) is 25.7 Å². The Kier molecular flexibility index (Phi) is 3.76. The number of carbonyl (C=O) groups is 1. The molecule has 104 valence electrons. The first-order valence-electron chi connectivity index (χ1n) is 6.57. The van der Waals surface area contributed by atoms with Gasteiger partial charge in [0, 0.05) is 16.3 Å². The van der Waals surface area contributed by atoms with Gasteiger partial charge in [-0.1, -0.05) is 29.8 Å². The molecule has 0 fully saturated rings. The maximum absolute atomic E-state index is 11.1. The van der Waals surface area contributed by atoms with Crippen molar-refractivity contribution in [3.8, 4) is 0 Å². The molecule has 1 aliphatic carbocycles. The van der Waals surface area contributed by atoms with Crippen LogP contribution in [0, 0.1) is 5.92 Å². The summed E-state index contributed by atoms with van der Waals surface area (Å²) in [6, 6.07) is 7.76. The van der Waals surface area contributed by atoms with Gasteiger partial charge in [-0.25, -0.2) is 4.98 Å². The number of hydrogen-bond donors (Lipinski definition) is 1. The fourth-order valence-corrected chi connectivity index (χ4v) is 3.94. The summed E-state index contributed by atoms with van der Waals surface area (Å²) in [7, 11) is 0. The predicted molar refractivity (Wildman–Crippen MR) is 79.5 cm³/mol. The van der Waals surface area contributed by atoms with E-state index in [4.69, 9.17) is 16.7 Å². The number of carboxylic acid groups (broad SMARTS) is 1. The molecule has 1 heterocycles. The van der Waals surface area contributed by atoms with E-state index in [1.165, 1.54) is 0 Å². The molecule has 5 heteroatoms. The van der Waals surface area contributed by atoms with Crippen molar-refractivity contribution in [1.82, 2.24) is 4.98 Å². The number of aryl methyl sites for hydroxylation is 1. The number of carboxylic acids is 1. The zero-order valence-electron chi connectivity index (χ0n) is 10.8. The maximum Gasteiger partial charge on any atom is 0.306 e. The van der Waals surface area contributed by atoms with Crippen LogP contribution in [-0.2, 0) is 24.1 Å². The normalized spacial score (nSPS) is 17.8. The number of nitrogens with zero attached hydrogens (tertiary/aromatic N) is 1. The van der Waals surface area contributed by atoms with Crippen LogP contribution in [0.15, 0.2) is 24.3 Å². The van der Waals surface area contributed by atoms with Crippen LogP contribution in [0.1, 0.15) is 27.6 Å². The summed E-state index contributed by atoms with van der Waals surface area (Å²) >= 11 is 7.79. The fourth-order valence-electron chi connectivity index (χ4n) is 2.52.